The van der Waals surface area contributed by atoms with Crippen molar-refractivity contribution < 1.29 is 0 Å². The lowest BCUT2D eigenvalue weighted by Crippen LogP contribution is -2.35. The molecule has 6 heteroatoms. The van der Waals surface area contributed by atoms with Crippen LogP contribution in [0.5, 0.6) is 0 Å². The molecule has 1 saturated heterocycles. The van der Waals surface area contributed by atoms with E-state index in [0.717, 1.165) is 33.7 Å². The summed E-state index contributed by atoms with van der Waals surface area (Å²) >= 11 is 8.44. The van der Waals surface area contributed by atoms with Crippen molar-refractivity contribution in [1.29, 1.82) is 0 Å². The minimum Gasteiger partial charge on any atom is -0.338 e. The Morgan fingerprint density at radius 2 is 1.93 bits per heavy atom. The number of pyridine rings is 1. The SMILES string of the molecule is CC[C@@H]1CSC2=N[C@@H](c3ccccn3)[C@@H](c3cc(C)n(-c4ccccc4Cl)c3C)N21. The number of amidine groups is 1. The fraction of sp³-hybridized carbons (Fsp3) is 0.333. The van der Waals surface area contributed by atoms with Crippen LogP contribution in [0.15, 0.2) is 59.7 Å². The molecule has 2 aliphatic rings. The number of benzene rings is 1. The highest BCUT2D eigenvalue weighted by Crippen LogP contribution is 2.49. The molecule has 30 heavy (non-hydrogen) atoms. The predicted octanol–water partition coefficient (Wildman–Crippen LogP) is 6.12. The van der Waals surface area contributed by atoms with Gasteiger partial charge in [0.15, 0.2) is 5.17 Å². The summed E-state index contributed by atoms with van der Waals surface area (Å²) in [7, 11) is 0. The zero-order chi connectivity index (χ0) is 20.8. The van der Waals surface area contributed by atoms with E-state index < -0.39 is 0 Å². The van der Waals surface area contributed by atoms with E-state index in [1.165, 1.54) is 17.0 Å². The smallest absolute Gasteiger partial charge is 0.160 e. The van der Waals surface area contributed by atoms with Crippen LogP contribution < -0.4 is 0 Å². The molecule has 1 aromatic carbocycles. The number of rotatable bonds is 4. The second kappa shape index (κ2) is 7.78. The lowest BCUT2D eigenvalue weighted by atomic mass is 9.95. The number of hydrogen-bond donors (Lipinski definition) is 0. The first-order valence-corrected chi connectivity index (χ1v) is 11.8. The van der Waals surface area contributed by atoms with E-state index in [0.29, 0.717) is 6.04 Å². The fourth-order valence-electron chi connectivity index (χ4n) is 4.78. The predicted molar refractivity (Wildman–Crippen MR) is 126 cm³/mol. The maximum absolute atomic E-state index is 6.56. The lowest BCUT2D eigenvalue weighted by molar-refractivity contribution is 0.254. The number of nitrogens with zero attached hydrogens (tertiary/aromatic N) is 4. The highest BCUT2D eigenvalue weighted by atomic mass is 35.5. The second-order valence-corrected chi connectivity index (χ2v) is 9.34. The normalized spacial score (nSPS) is 23.0. The molecular formula is C24H25ClN4S. The molecule has 0 amide bonds. The van der Waals surface area contributed by atoms with Gasteiger partial charge in [-0.3, -0.25) is 9.98 Å². The summed E-state index contributed by atoms with van der Waals surface area (Å²) in [5.41, 5.74) is 5.76. The van der Waals surface area contributed by atoms with Gasteiger partial charge in [0, 0.05) is 29.4 Å². The van der Waals surface area contributed by atoms with Crippen LogP contribution >= 0.6 is 23.4 Å². The number of thioether (sulfide) groups is 1. The molecule has 0 radical (unpaired) electrons. The van der Waals surface area contributed by atoms with E-state index in [1.54, 1.807) is 0 Å². The van der Waals surface area contributed by atoms with Gasteiger partial charge in [-0.15, -0.1) is 0 Å². The van der Waals surface area contributed by atoms with E-state index in [-0.39, 0.29) is 12.1 Å². The van der Waals surface area contributed by atoms with Gasteiger partial charge in [-0.2, -0.15) is 0 Å². The van der Waals surface area contributed by atoms with Gasteiger partial charge in [0.25, 0.3) is 0 Å². The Balaban J connectivity index is 1.66. The van der Waals surface area contributed by atoms with Crippen LogP contribution in [0.2, 0.25) is 5.02 Å². The Hall–Kier alpha value is -2.24. The number of halogens is 1. The quantitative estimate of drug-likeness (QED) is 0.493. The largest absolute Gasteiger partial charge is 0.338 e. The minimum atomic E-state index is 0.00300. The summed E-state index contributed by atoms with van der Waals surface area (Å²) in [6.07, 6.45) is 2.98. The van der Waals surface area contributed by atoms with E-state index in [9.17, 15) is 0 Å². The first-order valence-electron chi connectivity index (χ1n) is 10.4. The van der Waals surface area contributed by atoms with Crippen molar-refractivity contribution in [3.05, 3.63) is 82.4 Å². The third-order valence-electron chi connectivity index (χ3n) is 6.21. The third kappa shape index (κ3) is 3.07. The van der Waals surface area contributed by atoms with Crippen molar-refractivity contribution in [3.63, 3.8) is 0 Å². The molecule has 0 aliphatic carbocycles. The van der Waals surface area contributed by atoms with Crippen molar-refractivity contribution in [2.45, 2.75) is 45.3 Å². The number of aryl methyl sites for hydroxylation is 1. The van der Waals surface area contributed by atoms with Gasteiger partial charge in [-0.05, 0) is 56.2 Å². The van der Waals surface area contributed by atoms with E-state index in [1.807, 2.05) is 42.2 Å². The Kier molecular flexibility index (Phi) is 5.11. The molecule has 2 aromatic heterocycles. The molecule has 3 aromatic rings. The number of aromatic nitrogens is 2. The monoisotopic (exact) mass is 436 g/mol. The number of para-hydroxylation sites is 1. The molecule has 0 unspecified atom stereocenters. The Labute approximate surface area is 187 Å². The topological polar surface area (TPSA) is 33.4 Å². The van der Waals surface area contributed by atoms with Crippen LogP contribution in [0.25, 0.3) is 5.69 Å². The molecule has 0 N–H and O–H groups in total. The van der Waals surface area contributed by atoms with Crippen LogP contribution in [0.3, 0.4) is 0 Å². The molecule has 0 saturated carbocycles. The van der Waals surface area contributed by atoms with Crippen LogP contribution in [0.1, 0.15) is 48.1 Å². The van der Waals surface area contributed by atoms with Crippen LogP contribution in [0.4, 0.5) is 0 Å². The molecular weight excluding hydrogens is 412 g/mol. The van der Waals surface area contributed by atoms with Crippen molar-refractivity contribution >= 4 is 28.5 Å². The van der Waals surface area contributed by atoms with Crippen molar-refractivity contribution in [2.24, 2.45) is 4.99 Å². The maximum Gasteiger partial charge on any atom is 0.160 e. The van der Waals surface area contributed by atoms with Gasteiger partial charge < -0.3 is 9.47 Å². The minimum absolute atomic E-state index is 0.00300. The fourth-order valence-corrected chi connectivity index (χ4v) is 6.34. The molecule has 3 atom stereocenters. The number of fused-ring (bicyclic) bond motifs is 1. The van der Waals surface area contributed by atoms with Crippen molar-refractivity contribution in [3.8, 4) is 5.69 Å². The molecule has 0 bridgehead atoms. The standard InChI is InChI=1S/C24H25ClN4S/c1-4-17-14-30-24-27-22(20-10-7-8-12-26-20)23(29(17)24)18-13-15(2)28(16(18)3)21-11-6-5-9-19(21)25/h5-13,17,22-23H,4,14H2,1-3H3/t17-,22+,23-/m1/s1. The Morgan fingerprint density at radius 1 is 1.13 bits per heavy atom. The summed E-state index contributed by atoms with van der Waals surface area (Å²) in [5.74, 6) is 1.10. The third-order valence-corrected chi connectivity index (χ3v) is 7.66. The van der Waals surface area contributed by atoms with Crippen LogP contribution in [-0.4, -0.2) is 31.4 Å². The Morgan fingerprint density at radius 3 is 2.67 bits per heavy atom. The molecule has 4 nitrogen and oxygen atoms in total. The van der Waals surface area contributed by atoms with Crippen LogP contribution in [-0.2, 0) is 0 Å². The van der Waals surface area contributed by atoms with Gasteiger partial charge in [0.2, 0.25) is 0 Å². The molecule has 5 rings (SSSR count). The van der Waals surface area contributed by atoms with Gasteiger partial charge in [-0.25, -0.2) is 0 Å². The van der Waals surface area contributed by atoms with E-state index in [2.05, 4.69) is 59.5 Å². The average Bonchev–Trinajstić information content (AvgIpc) is 3.41. The molecule has 4 heterocycles. The van der Waals surface area contributed by atoms with Gasteiger partial charge in [-0.1, -0.05) is 48.5 Å². The number of hydrogen-bond acceptors (Lipinski definition) is 4. The summed E-state index contributed by atoms with van der Waals surface area (Å²) in [6, 6.07) is 17.1. The Bertz CT molecular complexity index is 1110. The first kappa shape index (κ1) is 19.7. The van der Waals surface area contributed by atoms with Crippen molar-refractivity contribution in [1.82, 2.24) is 14.5 Å². The molecule has 2 aliphatic heterocycles. The average molecular weight is 437 g/mol. The summed E-state index contributed by atoms with van der Waals surface area (Å²) in [5, 5.41) is 1.92. The maximum atomic E-state index is 6.56. The van der Waals surface area contributed by atoms with E-state index in [4.69, 9.17) is 16.6 Å². The summed E-state index contributed by atoms with van der Waals surface area (Å²) in [4.78, 5) is 12.4. The second-order valence-electron chi connectivity index (χ2n) is 7.95. The molecule has 0 spiro atoms. The summed E-state index contributed by atoms with van der Waals surface area (Å²) < 4.78 is 2.27. The van der Waals surface area contributed by atoms with Gasteiger partial charge in [0.1, 0.15) is 6.04 Å². The van der Waals surface area contributed by atoms with Gasteiger partial charge in [0.05, 0.1) is 22.4 Å². The zero-order valence-electron chi connectivity index (χ0n) is 17.4. The molecule has 1 fully saturated rings. The van der Waals surface area contributed by atoms with E-state index >= 15 is 0 Å². The highest BCUT2D eigenvalue weighted by molar-refractivity contribution is 8.14. The number of aliphatic imine (C=N–C) groups is 1. The highest BCUT2D eigenvalue weighted by Gasteiger charge is 2.46. The lowest BCUT2D eigenvalue weighted by Gasteiger charge is -2.32. The van der Waals surface area contributed by atoms with Crippen LogP contribution in [0, 0.1) is 13.8 Å². The summed E-state index contributed by atoms with van der Waals surface area (Å²) in [6.45, 7) is 6.62. The van der Waals surface area contributed by atoms with Crippen molar-refractivity contribution in [2.75, 3.05) is 5.75 Å². The van der Waals surface area contributed by atoms with Gasteiger partial charge >= 0.3 is 0 Å². The first-order chi connectivity index (χ1) is 14.6. The zero-order valence-corrected chi connectivity index (χ0v) is 19.0. The molecule has 154 valence electrons.